The third-order valence-electron chi connectivity index (χ3n) is 8.99. The summed E-state index contributed by atoms with van der Waals surface area (Å²) in [5.74, 6) is 3.13. The monoisotopic (exact) mass is 480 g/mol. The quantitative estimate of drug-likeness (QED) is 0.555. The molecule has 2 bridgehead atoms. The third-order valence-corrected chi connectivity index (χ3v) is 8.99. The van der Waals surface area contributed by atoms with Crippen LogP contribution in [0.5, 0.6) is 5.75 Å². The molecule has 0 spiro atoms. The SMILES string of the molecule is COc1cccc(CC(C2CCN(C(=O)[C@@H]3C[C@H]4C=C[C@@H]3C4)CC2)N(C)C(=O)C2CCOCC2)c1. The number of amides is 2. The maximum atomic E-state index is 13.5. The second kappa shape index (κ2) is 10.7. The van der Waals surface area contributed by atoms with E-state index >= 15 is 0 Å². The molecule has 4 aliphatic rings. The molecule has 1 aromatic rings. The maximum absolute atomic E-state index is 13.5. The van der Waals surface area contributed by atoms with E-state index in [2.05, 4.69) is 29.2 Å². The first-order valence-electron chi connectivity index (χ1n) is 13.5. The number of carbonyl (C=O) groups excluding carboxylic acids is 2. The molecule has 190 valence electrons. The van der Waals surface area contributed by atoms with Gasteiger partial charge in [0.2, 0.25) is 11.8 Å². The molecule has 1 unspecified atom stereocenters. The third kappa shape index (κ3) is 5.28. The minimum atomic E-state index is 0.0501. The zero-order valence-corrected chi connectivity index (χ0v) is 21.2. The zero-order chi connectivity index (χ0) is 24.4. The van der Waals surface area contributed by atoms with E-state index in [9.17, 15) is 9.59 Å². The first kappa shape index (κ1) is 24.4. The van der Waals surface area contributed by atoms with E-state index in [1.54, 1.807) is 7.11 Å². The molecule has 2 aliphatic heterocycles. The number of ether oxygens (including phenoxy) is 2. The summed E-state index contributed by atoms with van der Waals surface area (Å²) < 4.78 is 10.9. The Bertz CT molecular complexity index is 932. The fourth-order valence-electron chi connectivity index (χ4n) is 6.86. The molecule has 0 N–H and O–H groups in total. The molecule has 1 saturated carbocycles. The number of fused-ring (bicyclic) bond motifs is 2. The van der Waals surface area contributed by atoms with Crippen molar-refractivity contribution < 1.29 is 19.1 Å². The molecule has 2 amide bonds. The predicted molar refractivity (Wildman–Crippen MR) is 135 cm³/mol. The summed E-state index contributed by atoms with van der Waals surface area (Å²) >= 11 is 0. The normalized spacial score (nSPS) is 27.7. The molecule has 6 nitrogen and oxygen atoms in total. The number of rotatable bonds is 7. The molecule has 0 radical (unpaired) electrons. The molecule has 4 atom stereocenters. The smallest absolute Gasteiger partial charge is 0.226 e. The lowest BCUT2D eigenvalue weighted by atomic mass is 9.83. The van der Waals surface area contributed by atoms with Crippen LogP contribution < -0.4 is 4.74 Å². The molecule has 3 fully saturated rings. The summed E-state index contributed by atoms with van der Waals surface area (Å²) in [5, 5.41) is 0. The van der Waals surface area contributed by atoms with E-state index in [0.29, 0.717) is 36.9 Å². The lowest BCUT2D eigenvalue weighted by Gasteiger charge is -2.42. The second-order valence-corrected chi connectivity index (χ2v) is 11.0. The van der Waals surface area contributed by atoms with Crippen molar-refractivity contribution in [3.8, 4) is 5.75 Å². The first-order chi connectivity index (χ1) is 17.0. The molecular weight excluding hydrogens is 440 g/mol. The van der Waals surface area contributed by atoms with E-state index in [1.165, 1.54) is 5.56 Å². The van der Waals surface area contributed by atoms with Gasteiger partial charge in [0, 0.05) is 51.2 Å². The Morgan fingerprint density at radius 3 is 2.54 bits per heavy atom. The minimum absolute atomic E-state index is 0.0501. The molecule has 1 aromatic carbocycles. The Labute approximate surface area is 209 Å². The number of carbonyl (C=O) groups is 2. The van der Waals surface area contributed by atoms with Crippen LogP contribution in [0.1, 0.15) is 44.1 Å². The molecular formula is C29H40N2O4. The number of methoxy groups -OCH3 is 1. The van der Waals surface area contributed by atoms with E-state index in [1.807, 2.05) is 24.1 Å². The number of piperidine rings is 1. The van der Waals surface area contributed by atoms with Crippen molar-refractivity contribution in [1.29, 1.82) is 0 Å². The zero-order valence-electron chi connectivity index (χ0n) is 21.2. The molecule has 2 heterocycles. The van der Waals surface area contributed by atoms with Crippen LogP contribution in [0.3, 0.4) is 0 Å². The van der Waals surface area contributed by atoms with Crippen LogP contribution >= 0.6 is 0 Å². The van der Waals surface area contributed by atoms with Crippen molar-refractivity contribution >= 4 is 11.8 Å². The lowest BCUT2D eigenvalue weighted by molar-refractivity contribution is -0.143. The number of hydrogen-bond donors (Lipinski definition) is 0. The van der Waals surface area contributed by atoms with Gasteiger partial charge in [-0.1, -0.05) is 24.3 Å². The van der Waals surface area contributed by atoms with E-state index in [4.69, 9.17) is 9.47 Å². The number of hydrogen-bond acceptors (Lipinski definition) is 4. The van der Waals surface area contributed by atoms with Gasteiger partial charge in [0.05, 0.1) is 7.11 Å². The molecule has 0 aromatic heterocycles. The highest BCUT2D eigenvalue weighted by Crippen LogP contribution is 2.44. The second-order valence-electron chi connectivity index (χ2n) is 11.0. The van der Waals surface area contributed by atoms with Gasteiger partial charge in [-0.2, -0.15) is 0 Å². The van der Waals surface area contributed by atoms with Crippen LogP contribution in [0, 0.1) is 29.6 Å². The number of allylic oxidation sites excluding steroid dienone is 2. The Hall–Kier alpha value is -2.34. The van der Waals surface area contributed by atoms with Gasteiger partial charge < -0.3 is 19.3 Å². The molecule has 2 saturated heterocycles. The van der Waals surface area contributed by atoms with Crippen LogP contribution in [0.25, 0.3) is 0 Å². The highest BCUT2D eigenvalue weighted by molar-refractivity contribution is 5.80. The topological polar surface area (TPSA) is 59.1 Å². The summed E-state index contributed by atoms with van der Waals surface area (Å²) in [4.78, 5) is 30.9. The number of nitrogens with zero attached hydrogens (tertiary/aromatic N) is 2. The van der Waals surface area contributed by atoms with Gasteiger partial charge in [-0.25, -0.2) is 0 Å². The van der Waals surface area contributed by atoms with Gasteiger partial charge >= 0.3 is 0 Å². The highest BCUT2D eigenvalue weighted by atomic mass is 16.5. The Balaban J connectivity index is 1.27. The fraction of sp³-hybridized carbons (Fsp3) is 0.655. The molecule has 5 rings (SSSR count). The van der Waals surface area contributed by atoms with E-state index < -0.39 is 0 Å². The summed E-state index contributed by atoms with van der Waals surface area (Å²) in [6, 6.07) is 8.31. The van der Waals surface area contributed by atoms with Crippen LogP contribution in [-0.2, 0) is 20.7 Å². The maximum Gasteiger partial charge on any atom is 0.226 e. The predicted octanol–water partition coefficient (Wildman–Crippen LogP) is 3.94. The Kier molecular flexibility index (Phi) is 7.47. The molecule has 35 heavy (non-hydrogen) atoms. The average molecular weight is 481 g/mol. The van der Waals surface area contributed by atoms with Gasteiger partial charge in [-0.3, -0.25) is 9.59 Å². The van der Waals surface area contributed by atoms with Gasteiger partial charge in [-0.15, -0.1) is 0 Å². The van der Waals surface area contributed by atoms with Gasteiger partial charge in [0.25, 0.3) is 0 Å². The summed E-state index contributed by atoms with van der Waals surface area (Å²) in [5.41, 5.74) is 1.19. The van der Waals surface area contributed by atoms with Crippen molar-refractivity contribution in [2.75, 3.05) is 40.5 Å². The summed E-state index contributed by atoms with van der Waals surface area (Å²) in [6.45, 7) is 2.94. The van der Waals surface area contributed by atoms with E-state index in [-0.39, 0.29) is 23.8 Å². The van der Waals surface area contributed by atoms with Gasteiger partial charge in [0.15, 0.2) is 0 Å². The van der Waals surface area contributed by atoms with E-state index in [0.717, 1.165) is 63.8 Å². The van der Waals surface area contributed by atoms with Crippen LogP contribution in [0.2, 0.25) is 0 Å². The van der Waals surface area contributed by atoms with Crippen LogP contribution in [0.15, 0.2) is 36.4 Å². The van der Waals surface area contributed by atoms with Crippen molar-refractivity contribution in [2.24, 2.45) is 29.6 Å². The van der Waals surface area contributed by atoms with Crippen molar-refractivity contribution in [3.05, 3.63) is 42.0 Å². The lowest BCUT2D eigenvalue weighted by Crippen LogP contribution is -2.51. The highest BCUT2D eigenvalue weighted by Gasteiger charge is 2.43. The number of benzene rings is 1. The Morgan fingerprint density at radius 1 is 1.11 bits per heavy atom. The van der Waals surface area contributed by atoms with Crippen molar-refractivity contribution in [3.63, 3.8) is 0 Å². The first-order valence-corrected chi connectivity index (χ1v) is 13.5. The van der Waals surface area contributed by atoms with Crippen LogP contribution in [0.4, 0.5) is 0 Å². The molecule has 6 heteroatoms. The van der Waals surface area contributed by atoms with Crippen molar-refractivity contribution in [2.45, 2.75) is 51.0 Å². The van der Waals surface area contributed by atoms with Crippen molar-refractivity contribution in [1.82, 2.24) is 9.80 Å². The van der Waals surface area contributed by atoms with Gasteiger partial charge in [-0.05, 0) is 80.4 Å². The summed E-state index contributed by atoms with van der Waals surface area (Å²) in [6.07, 6.45) is 11.1. The number of likely N-dealkylation sites (tertiary alicyclic amines) is 1. The number of likely N-dealkylation sites (N-methyl/N-ethyl adjacent to an activating group) is 1. The fourth-order valence-corrected chi connectivity index (χ4v) is 6.86. The largest absolute Gasteiger partial charge is 0.497 e. The average Bonchev–Trinajstić information content (AvgIpc) is 3.55. The minimum Gasteiger partial charge on any atom is -0.497 e. The standard InChI is InChI=1S/C29H40N2O4/c1-30(28(32)23-10-14-35-15-11-23)27(19-20-4-3-5-25(17-20)34-2)22-8-12-31(13-9-22)29(33)26-18-21-6-7-24(26)16-21/h3-7,17,21-24,26-27H,8-16,18-19H2,1-2H3/t21-,24+,26+,27?/m0/s1. The van der Waals surface area contributed by atoms with Gasteiger partial charge in [0.1, 0.15) is 5.75 Å². The summed E-state index contributed by atoms with van der Waals surface area (Å²) in [7, 11) is 3.68. The van der Waals surface area contributed by atoms with Crippen LogP contribution in [-0.4, -0.2) is 68.1 Å². The Morgan fingerprint density at radius 2 is 1.89 bits per heavy atom. The molecule has 2 aliphatic carbocycles.